The summed E-state index contributed by atoms with van der Waals surface area (Å²) in [6.45, 7) is 0.755. The predicted octanol–water partition coefficient (Wildman–Crippen LogP) is 1.57. The van der Waals surface area contributed by atoms with E-state index in [9.17, 15) is 5.11 Å². The van der Waals surface area contributed by atoms with Crippen LogP contribution in [-0.4, -0.2) is 24.8 Å². The standard InChI is InChI=1S/C9H19NO.ClH/c1-10-7-9(11)8-5-3-2-4-6-8;/h8-11H,2-7H2,1H3;1H. The van der Waals surface area contributed by atoms with Gasteiger partial charge in [0.1, 0.15) is 0 Å². The highest BCUT2D eigenvalue weighted by Gasteiger charge is 2.20. The number of nitrogens with one attached hydrogen (secondary N) is 1. The van der Waals surface area contributed by atoms with E-state index in [1.165, 1.54) is 32.1 Å². The number of likely N-dealkylation sites (N-methyl/N-ethyl adjacent to an activating group) is 1. The lowest BCUT2D eigenvalue weighted by atomic mass is 9.85. The van der Waals surface area contributed by atoms with Crippen molar-refractivity contribution in [3.63, 3.8) is 0 Å². The lowest BCUT2D eigenvalue weighted by Gasteiger charge is -2.26. The molecule has 3 heteroatoms. The van der Waals surface area contributed by atoms with E-state index in [0.717, 1.165) is 6.54 Å². The van der Waals surface area contributed by atoms with Crippen LogP contribution in [0.4, 0.5) is 0 Å². The predicted molar refractivity (Wildman–Crippen MR) is 53.8 cm³/mol. The molecule has 1 rings (SSSR count). The number of aliphatic hydroxyl groups is 1. The highest BCUT2D eigenvalue weighted by Crippen LogP contribution is 2.25. The molecule has 0 aliphatic heterocycles. The molecule has 0 saturated heterocycles. The maximum atomic E-state index is 9.61. The van der Waals surface area contributed by atoms with Gasteiger partial charge in [0.25, 0.3) is 0 Å². The van der Waals surface area contributed by atoms with Gasteiger partial charge in [0.15, 0.2) is 0 Å². The summed E-state index contributed by atoms with van der Waals surface area (Å²) < 4.78 is 0. The van der Waals surface area contributed by atoms with Crippen molar-refractivity contribution < 1.29 is 5.11 Å². The Bertz CT molecular complexity index is 105. The number of hydrogen-bond donors (Lipinski definition) is 2. The number of rotatable bonds is 3. The Kier molecular flexibility index (Phi) is 6.81. The maximum absolute atomic E-state index is 9.61. The van der Waals surface area contributed by atoms with E-state index >= 15 is 0 Å². The van der Waals surface area contributed by atoms with Gasteiger partial charge in [0.05, 0.1) is 6.10 Å². The lowest BCUT2D eigenvalue weighted by Crippen LogP contribution is -2.32. The molecule has 1 fully saturated rings. The van der Waals surface area contributed by atoms with Crippen molar-refractivity contribution in [1.82, 2.24) is 5.32 Å². The van der Waals surface area contributed by atoms with Crippen LogP contribution in [-0.2, 0) is 0 Å². The van der Waals surface area contributed by atoms with Gasteiger partial charge in [-0.3, -0.25) is 0 Å². The first-order valence-corrected chi connectivity index (χ1v) is 4.67. The fourth-order valence-corrected chi connectivity index (χ4v) is 1.89. The van der Waals surface area contributed by atoms with Crippen LogP contribution in [0, 0.1) is 5.92 Å². The van der Waals surface area contributed by atoms with Gasteiger partial charge in [-0.2, -0.15) is 0 Å². The van der Waals surface area contributed by atoms with Gasteiger partial charge in [0, 0.05) is 6.54 Å². The smallest absolute Gasteiger partial charge is 0.0692 e. The summed E-state index contributed by atoms with van der Waals surface area (Å²) >= 11 is 0. The van der Waals surface area contributed by atoms with Crippen LogP contribution >= 0.6 is 12.4 Å². The molecule has 1 saturated carbocycles. The molecule has 0 aromatic rings. The molecule has 1 aliphatic carbocycles. The zero-order chi connectivity index (χ0) is 8.10. The molecular formula is C9H20ClNO. The number of hydrogen-bond acceptors (Lipinski definition) is 2. The molecule has 1 unspecified atom stereocenters. The Hall–Kier alpha value is 0.210. The van der Waals surface area contributed by atoms with E-state index < -0.39 is 0 Å². The summed E-state index contributed by atoms with van der Waals surface area (Å²) in [4.78, 5) is 0. The Morgan fingerprint density at radius 1 is 1.33 bits per heavy atom. The molecule has 0 aromatic carbocycles. The van der Waals surface area contributed by atoms with E-state index in [2.05, 4.69) is 5.32 Å². The van der Waals surface area contributed by atoms with E-state index in [0.29, 0.717) is 5.92 Å². The van der Waals surface area contributed by atoms with Crippen molar-refractivity contribution in [1.29, 1.82) is 0 Å². The SMILES string of the molecule is CNCC(O)C1CCCCC1.Cl. The van der Waals surface area contributed by atoms with Crippen molar-refractivity contribution in [2.45, 2.75) is 38.2 Å². The molecule has 0 bridgehead atoms. The topological polar surface area (TPSA) is 32.3 Å². The molecule has 2 nitrogen and oxygen atoms in total. The Morgan fingerprint density at radius 3 is 2.42 bits per heavy atom. The zero-order valence-electron chi connectivity index (χ0n) is 7.75. The first kappa shape index (κ1) is 12.2. The van der Waals surface area contributed by atoms with E-state index in [1.807, 2.05) is 7.05 Å². The highest BCUT2D eigenvalue weighted by atomic mass is 35.5. The Balaban J connectivity index is 0.00000121. The van der Waals surface area contributed by atoms with Crippen molar-refractivity contribution in [3.05, 3.63) is 0 Å². The molecule has 2 N–H and O–H groups in total. The summed E-state index contributed by atoms with van der Waals surface area (Å²) in [6, 6.07) is 0. The monoisotopic (exact) mass is 193 g/mol. The van der Waals surface area contributed by atoms with E-state index in [1.54, 1.807) is 0 Å². The fourth-order valence-electron chi connectivity index (χ4n) is 1.89. The summed E-state index contributed by atoms with van der Waals surface area (Å²) in [5, 5.41) is 12.6. The average Bonchev–Trinajstić information content (AvgIpc) is 2.07. The first-order valence-electron chi connectivity index (χ1n) is 4.67. The second kappa shape index (κ2) is 6.70. The minimum atomic E-state index is -0.111. The minimum Gasteiger partial charge on any atom is -0.392 e. The summed E-state index contributed by atoms with van der Waals surface area (Å²) in [7, 11) is 1.89. The van der Waals surface area contributed by atoms with Crippen molar-refractivity contribution in [2.75, 3.05) is 13.6 Å². The summed E-state index contributed by atoms with van der Waals surface area (Å²) in [5.74, 6) is 0.566. The fraction of sp³-hybridized carbons (Fsp3) is 1.00. The van der Waals surface area contributed by atoms with Gasteiger partial charge < -0.3 is 10.4 Å². The highest BCUT2D eigenvalue weighted by molar-refractivity contribution is 5.85. The third-order valence-electron chi connectivity index (χ3n) is 2.61. The zero-order valence-corrected chi connectivity index (χ0v) is 8.57. The first-order chi connectivity index (χ1) is 5.34. The third-order valence-corrected chi connectivity index (χ3v) is 2.61. The number of halogens is 1. The Labute approximate surface area is 81.2 Å². The van der Waals surface area contributed by atoms with Gasteiger partial charge in [0.2, 0.25) is 0 Å². The quantitative estimate of drug-likeness (QED) is 0.714. The normalized spacial score (nSPS) is 21.5. The van der Waals surface area contributed by atoms with Crippen LogP contribution in [0.2, 0.25) is 0 Å². The molecule has 0 radical (unpaired) electrons. The van der Waals surface area contributed by atoms with Crippen LogP contribution < -0.4 is 5.32 Å². The second-order valence-electron chi connectivity index (χ2n) is 3.52. The third kappa shape index (κ3) is 3.74. The minimum absolute atomic E-state index is 0. The van der Waals surface area contributed by atoms with Gasteiger partial charge >= 0.3 is 0 Å². The van der Waals surface area contributed by atoms with E-state index in [-0.39, 0.29) is 18.5 Å². The average molecular weight is 194 g/mol. The summed E-state index contributed by atoms with van der Waals surface area (Å²) in [6.07, 6.45) is 6.33. The van der Waals surface area contributed by atoms with Crippen LogP contribution in [0.1, 0.15) is 32.1 Å². The van der Waals surface area contributed by atoms with Crippen LogP contribution in [0.15, 0.2) is 0 Å². The Morgan fingerprint density at radius 2 is 1.92 bits per heavy atom. The van der Waals surface area contributed by atoms with Crippen LogP contribution in [0.5, 0.6) is 0 Å². The van der Waals surface area contributed by atoms with Crippen LogP contribution in [0.3, 0.4) is 0 Å². The lowest BCUT2D eigenvalue weighted by molar-refractivity contribution is 0.0859. The van der Waals surface area contributed by atoms with Gasteiger partial charge in [-0.1, -0.05) is 19.3 Å². The van der Waals surface area contributed by atoms with Gasteiger partial charge in [-0.15, -0.1) is 12.4 Å². The van der Waals surface area contributed by atoms with Crippen molar-refractivity contribution in [2.24, 2.45) is 5.92 Å². The maximum Gasteiger partial charge on any atom is 0.0692 e. The molecule has 0 spiro atoms. The van der Waals surface area contributed by atoms with Crippen molar-refractivity contribution >= 4 is 12.4 Å². The molecule has 74 valence electrons. The molecule has 1 aliphatic rings. The summed E-state index contributed by atoms with van der Waals surface area (Å²) in [5.41, 5.74) is 0. The molecule has 0 heterocycles. The largest absolute Gasteiger partial charge is 0.392 e. The second-order valence-corrected chi connectivity index (χ2v) is 3.52. The number of aliphatic hydroxyl groups excluding tert-OH is 1. The van der Waals surface area contributed by atoms with Gasteiger partial charge in [-0.25, -0.2) is 0 Å². The molecule has 12 heavy (non-hydrogen) atoms. The molecular weight excluding hydrogens is 174 g/mol. The van der Waals surface area contributed by atoms with Crippen LogP contribution in [0.25, 0.3) is 0 Å². The molecule has 0 amide bonds. The molecule has 1 atom stereocenters. The van der Waals surface area contributed by atoms with Gasteiger partial charge in [-0.05, 0) is 25.8 Å². The molecule has 0 aromatic heterocycles. The van der Waals surface area contributed by atoms with E-state index in [4.69, 9.17) is 0 Å². The van der Waals surface area contributed by atoms with Crippen molar-refractivity contribution in [3.8, 4) is 0 Å².